The summed E-state index contributed by atoms with van der Waals surface area (Å²) in [6.07, 6.45) is 4.44. The fourth-order valence-electron chi connectivity index (χ4n) is 2.79. The van der Waals surface area contributed by atoms with Crippen molar-refractivity contribution in [1.29, 1.82) is 0 Å². The van der Waals surface area contributed by atoms with Gasteiger partial charge in [0.15, 0.2) is 0 Å². The molecular formula is C14H22BrClN2O2S. The predicted octanol–water partition coefficient (Wildman–Crippen LogP) is 2.98. The van der Waals surface area contributed by atoms with E-state index in [0.29, 0.717) is 16.9 Å². The summed E-state index contributed by atoms with van der Waals surface area (Å²) in [4.78, 5) is 0.286. The van der Waals surface area contributed by atoms with Crippen molar-refractivity contribution in [3.8, 4) is 0 Å². The van der Waals surface area contributed by atoms with Gasteiger partial charge in [0, 0.05) is 17.1 Å². The first kappa shape index (κ1) is 18.9. The molecule has 1 aliphatic rings. The smallest absolute Gasteiger partial charge is 0.242 e. The fraction of sp³-hybridized carbons (Fsp3) is 0.571. The molecule has 0 heterocycles. The maximum absolute atomic E-state index is 12.5. The summed E-state index contributed by atoms with van der Waals surface area (Å²) in [5.74, 6) is 0.360. The van der Waals surface area contributed by atoms with Gasteiger partial charge in [0.25, 0.3) is 0 Å². The molecule has 0 amide bonds. The van der Waals surface area contributed by atoms with E-state index in [-0.39, 0.29) is 23.3 Å². The van der Waals surface area contributed by atoms with E-state index in [9.17, 15) is 8.42 Å². The average molecular weight is 398 g/mol. The summed E-state index contributed by atoms with van der Waals surface area (Å²) in [5, 5.41) is 0. The summed E-state index contributed by atoms with van der Waals surface area (Å²) >= 11 is 3.36. The molecule has 2 rings (SSSR count). The van der Waals surface area contributed by atoms with E-state index in [2.05, 4.69) is 20.7 Å². The molecule has 1 aromatic carbocycles. The van der Waals surface area contributed by atoms with Crippen LogP contribution in [0.25, 0.3) is 0 Å². The highest BCUT2D eigenvalue weighted by Crippen LogP contribution is 2.30. The monoisotopic (exact) mass is 396 g/mol. The van der Waals surface area contributed by atoms with Crippen LogP contribution in [-0.2, 0) is 10.0 Å². The minimum Gasteiger partial charge on any atom is -0.329 e. The van der Waals surface area contributed by atoms with Gasteiger partial charge in [-0.1, -0.05) is 25.0 Å². The van der Waals surface area contributed by atoms with Gasteiger partial charge < -0.3 is 5.73 Å². The van der Waals surface area contributed by atoms with Crippen LogP contribution >= 0.6 is 28.3 Å². The van der Waals surface area contributed by atoms with Gasteiger partial charge in [-0.2, -0.15) is 0 Å². The summed E-state index contributed by atoms with van der Waals surface area (Å²) in [5.41, 5.74) is 6.67. The van der Waals surface area contributed by atoms with Crippen LogP contribution in [0.5, 0.6) is 0 Å². The van der Waals surface area contributed by atoms with Crippen LogP contribution in [0.3, 0.4) is 0 Å². The lowest BCUT2D eigenvalue weighted by Crippen LogP contribution is -2.44. The van der Waals surface area contributed by atoms with Gasteiger partial charge in [0.2, 0.25) is 10.0 Å². The number of rotatable bonds is 5. The van der Waals surface area contributed by atoms with Crippen molar-refractivity contribution in [3.63, 3.8) is 0 Å². The molecule has 1 unspecified atom stereocenters. The predicted molar refractivity (Wildman–Crippen MR) is 91.2 cm³/mol. The number of aryl methyl sites for hydroxylation is 1. The van der Waals surface area contributed by atoms with Crippen LogP contribution in [0.4, 0.5) is 0 Å². The third-order valence-corrected chi connectivity index (χ3v) is 6.82. The van der Waals surface area contributed by atoms with Gasteiger partial charge in [0.1, 0.15) is 0 Å². The first-order chi connectivity index (χ1) is 9.45. The van der Waals surface area contributed by atoms with Crippen molar-refractivity contribution in [1.82, 2.24) is 4.72 Å². The number of nitrogens with one attached hydrogen (secondary N) is 1. The van der Waals surface area contributed by atoms with Crippen LogP contribution in [0.15, 0.2) is 27.6 Å². The maximum atomic E-state index is 12.5. The normalized spacial score (nSPS) is 17.5. The van der Waals surface area contributed by atoms with E-state index in [1.807, 2.05) is 13.0 Å². The first-order valence-electron chi connectivity index (χ1n) is 6.93. The Labute approximate surface area is 141 Å². The van der Waals surface area contributed by atoms with Crippen LogP contribution < -0.4 is 10.5 Å². The Morgan fingerprint density at radius 1 is 1.38 bits per heavy atom. The van der Waals surface area contributed by atoms with Gasteiger partial charge in [-0.3, -0.25) is 0 Å². The largest absolute Gasteiger partial charge is 0.329 e. The van der Waals surface area contributed by atoms with E-state index in [1.165, 1.54) is 0 Å². The molecule has 0 saturated heterocycles. The van der Waals surface area contributed by atoms with Crippen molar-refractivity contribution >= 4 is 38.4 Å². The van der Waals surface area contributed by atoms with Crippen molar-refractivity contribution in [3.05, 3.63) is 28.2 Å². The van der Waals surface area contributed by atoms with E-state index in [0.717, 1.165) is 31.2 Å². The highest BCUT2D eigenvalue weighted by atomic mass is 79.9. The lowest BCUT2D eigenvalue weighted by atomic mass is 9.99. The molecule has 1 atom stereocenters. The Morgan fingerprint density at radius 2 is 2.00 bits per heavy atom. The Hall–Kier alpha value is -0.140. The molecule has 0 bridgehead atoms. The van der Waals surface area contributed by atoms with E-state index < -0.39 is 10.0 Å². The van der Waals surface area contributed by atoms with E-state index in [1.54, 1.807) is 12.1 Å². The molecule has 0 aliphatic heterocycles. The van der Waals surface area contributed by atoms with Crippen LogP contribution in [0.2, 0.25) is 0 Å². The number of sulfonamides is 1. The number of halogens is 2. The maximum Gasteiger partial charge on any atom is 0.242 e. The fourth-order valence-corrected chi connectivity index (χ4v) is 5.16. The zero-order valence-electron chi connectivity index (χ0n) is 12.0. The van der Waals surface area contributed by atoms with Gasteiger partial charge in [-0.05, 0) is 53.2 Å². The Morgan fingerprint density at radius 3 is 2.57 bits per heavy atom. The molecule has 1 aromatic rings. The topological polar surface area (TPSA) is 72.2 Å². The quantitative estimate of drug-likeness (QED) is 0.802. The van der Waals surface area contributed by atoms with Crippen molar-refractivity contribution in [2.24, 2.45) is 11.7 Å². The Bertz CT molecular complexity index is 574. The van der Waals surface area contributed by atoms with Crippen LogP contribution in [-0.4, -0.2) is 21.0 Å². The number of nitrogens with two attached hydrogens (primary N) is 1. The van der Waals surface area contributed by atoms with Gasteiger partial charge >= 0.3 is 0 Å². The van der Waals surface area contributed by atoms with Crippen molar-refractivity contribution in [2.45, 2.75) is 43.5 Å². The number of benzene rings is 1. The minimum atomic E-state index is -3.54. The molecule has 0 aromatic heterocycles. The molecule has 0 radical (unpaired) electrons. The molecule has 120 valence electrons. The SMILES string of the molecule is Cc1cccc(S(=O)(=O)NC(CN)C2CCCC2)c1Br.Cl. The lowest BCUT2D eigenvalue weighted by molar-refractivity contribution is 0.405. The molecule has 1 fully saturated rings. The van der Waals surface area contributed by atoms with Gasteiger partial charge in [0.05, 0.1) is 4.90 Å². The average Bonchev–Trinajstić information content (AvgIpc) is 2.93. The van der Waals surface area contributed by atoms with E-state index in [4.69, 9.17) is 5.73 Å². The van der Waals surface area contributed by atoms with Crippen molar-refractivity contribution < 1.29 is 8.42 Å². The molecule has 0 spiro atoms. The molecule has 1 saturated carbocycles. The third kappa shape index (κ3) is 4.42. The van der Waals surface area contributed by atoms with Gasteiger partial charge in [-0.25, -0.2) is 13.1 Å². The second-order valence-corrected chi connectivity index (χ2v) is 7.87. The lowest BCUT2D eigenvalue weighted by Gasteiger charge is -2.23. The minimum absolute atomic E-state index is 0. The zero-order valence-corrected chi connectivity index (χ0v) is 15.2. The van der Waals surface area contributed by atoms with E-state index >= 15 is 0 Å². The Balaban J connectivity index is 0.00000220. The van der Waals surface area contributed by atoms with Gasteiger partial charge in [-0.15, -0.1) is 12.4 Å². The molecule has 21 heavy (non-hydrogen) atoms. The summed E-state index contributed by atoms with van der Waals surface area (Å²) in [7, 11) is -3.54. The Kier molecular flexibility index (Phi) is 7.13. The third-order valence-electron chi connectivity index (χ3n) is 3.98. The summed E-state index contributed by atoms with van der Waals surface area (Å²) in [6.45, 7) is 2.22. The van der Waals surface area contributed by atoms with Crippen LogP contribution in [0.1, 0.15) is 31.2 Å². The zero-order chi connectivity index (χ0) is 14.8. The highest BCUT2D eigenvalue weighted by Gasteiger charge is 2.29. The van der Waals surface area contributed by atoms with Crippen molar-refractivity contribution in [2.75, 3.05) is 6.54 Å². The first-order valence-corrected chi connectivity index (χ1v) is 9.21. The molecular weight excluding hydrogens is 376 g/mol. The highest BCUT2D eigenvalue weighted by molar-refractivity contribution is 9.10. The molecule has 7 heteroatoms. The number of hydrogen-bond acceptors (Lipinski definition) is 3. The summed E-state index contributed by atoms with van der Waals surface area (Å²) < 4.78 is 28.5. The number of hydrogen-bond donors (Lipinski definition) is 2. The second-order valence-electron chi connectivity index (χ2n) is 5.40. The molecule has 1 aliphatic carbocycles. The van der Waals surface area contributed by atoms with Crippen LogP contribution in [0, 0.1) is 12.8 Å². The molecule has 3 N–H and O–H groups in total. The second kappa shape index (κ2) is 7.92. The molecule has 4 nitrogen and oxygen atoms in total. The standard InChI is InChI=1S/C14H21BrN2O2S.ClH/c1-10-5-4-8-13(14(10)15)20(18,19)17-12(9-16)11-6-2-3-7-11;/h4-5,8,11-12,17H,2-3,6-7,9,16H2,1H3;1H. The summed E-state index contributed by atoms with van der Waals surface area (Å²) in [6, 6.07) is 5.07.